The Morgan fingerprint density at radius 2 is 1.96 bits per heavy atom. The normalized spacial score (nSPS) is 34.4. The van der Waals surface area contributed by atoms with Crippen LogP contribution in [0.1, 0.15) is 38.5 Å². The summed E-state index contributed by atoms with van der Waals surface area (Å²) in [5, 5.41) is 0. The van der Waals surface area contributed by atoms with Crippen molar-refractivity contribution in [2.24, 2.45) is 5.41 Å². The second kappa shape index (κ2) is 6.34. The van der Waals surface area contributed by atoms with E-state index in [1.807, 2.05) is 0 Å². The molecule has 5 heteroatoms. The minimum Gasteiger partial charge on any atom is -0.377 e. The van der Waals surface area contributed by atoms with E-state index in [0.717, 1.165) is 39.3 Å². The number of ether oxygens (including phenoxy) is 1. The summed E-state index contributed by atoms with van der Waals surface area (Å²) in [4.78, 5) is 19.4. The Hall–Kier alpha value is -0.650. The molecule has 23 heavy (non-hydrogen) atoms. The molecule has 0 aromatic rings. The van der Waals surface area contributed by atoms with Crippen molar-refractivity contribution in [1.82, 2.24) is 14.7 Å². The number of amides is 1. The van der Waals surface area contributed by atoms with Gasteiger partial charge in [0.05, 0.1) is 6.10 Å². The Kier molecular flexibility index (Phi) is 4.37. The van der Waals surface area contributed by atoms with Crippen LogP contribution < -0.4 is 0 Å². The second-order valence-corrected chi connectivity index (χ2v) is 8.12. The molecule has 1 spiro atoms. The van der Waals surface area contributed by atoms with E-state index in [2.05, 4.69) is 21.7 Å². The standard InChI is InChI=1S/C18H31N3O2/c1-19-9-11-20(12-10-19)16(22)5-8-21-14-18(6-3-7-18)17(21)15-4-2-13-23-15/h15,17H,2-14H2,1H3/t15-,17+/m0/s1. The number of likely N-dealkylation sites (N-methyl/N-ethyl adjacent to an activating group) is 1. The van der Waals surface area contributed by atoms with Crippen LogP contribution in [0.15, 0.2) is 0 Å². The van der Waals surface area contributed by atoms with Gasteiger partial charge in [-0.1, -0.05) is 6.42 Å². The number of piperazine rings is 1. The topological polar surface area (TPSA) is 36.0 Å². The van der Waals surface area contributed by atoms with Gasteiger partial charge in [-0.15, -0.1) is 0 Å². The summed E-state index contributed by atoms with van der Waals surface area (Å²) in [6.45, 7) is 6.88. The van der Waals surface area contributed by atoms with Crippen molar-refractivity contribution in [3.63, 3.8) is 0 Å². The van der Waals surface area contributed by atoms with Crippen molar-refractivity contribution < 1.29 is 9.53 Å². The Morgan fingerprint density at radius 1 is 1.17 bits per heavy atom. The predicted octanol–water partition coefficient (Wildman–Crippen LogP) is 1.18. The van der Waals surface area contributed by atoms with Crippen LogP contribution in [0.3, 0.4) is 0 Å². The van der Waals surface area contributed by atoms with E-state index in [4.69, 9.17) is 4.74 Å². The second-order valence-electron chi connectivity index (χ2n) is 8.12. The molecule has 0 aromatic heterocycles. The van der Waals surface area contributed by atoms with Gasteiger partial charge in [0.25, 0.3) is 0 Å². The van der Waals surface area contributed by atoms with Gasteiger partial charge in [0.15, 0.2) is 0 Å². The predicted molar refractivity (Wildman–Crippen MR) is 89.3 cm³/mol. The highest BCUT2D eigenvalue weighted by Gasteiger charge is 2.58. The summed E-state index contributed by atoms with van der Waals surface area (Å²) in [7, 11) is 2.13. The molecule has 2 atom stereocenters. The highest BCUT2D eigenvalue weighted by Crippen LogP contribution is 2.55. The molecule has 0 aromatic carbocycles. The van der Waals surface area contributed by atoms with Gasteiger partial charge in [-0.25, -0.2) is 0 Å². The molecule has 4 fully saturated rings. The van der Waals surface area contributed by atoms with Crippen LogP contribution in [0.4, 0.5) is 0 Å². The van der Waals surface area contributed by atoms with Crippen molar-refractivity contribution in [2.45, 2.75) is 50.7 Å². The first-order valence-electron chi connectivity index (χ1n) is 9.50. The highest BCUT2D eigenvalue weighted by atomic mass is 16.5. The van der Waals surface area contributed by atoms with Gasteiger partial charge in [0.1, 0.15) is 0 Å². The molecule has 3 saturated heterocycles. The Labute approximate surface area is 139 Å². The van der Waals surface area contributed by atoms with Gasteiger partial charge in [-0.05, 0) is 32.7 Å². The Morgan fingerprint density at radius 3 is 2.57 bits per heavy atom. The Balaban J connectivity index is 1.29. The van der Waals surface area contributed by atoms with E-state index in [-0.39, 0.29) is 0 Å². The maximum atomic E-state index is 12.5. The molecule has 1 aliphatic carbocycles. The molecular formula is C18H31N3O2. The molecule has 1 amide bonds. The maximum absolute atomic E-state index is 12.5. The lowest BCUT2D eigenvalue weighted by molar-refractivity contribution is -0.173. The van der Waals surface area contributed by atoms with Crippen LogP contribution in [0, 0.1) is 5.41 Å². The number of hydrogen-bond donors (Lipinski definition) is 0. The lowest BCUT2D eigenvalue weighted by atomic mass is 9.56. The average Bonchev–Trinajstić information content (AvgIpc) is 2.98. The van der Waals surface area contributed by atoms with E-state index in [1.54, 1.807) is 0 Å². The molecule has 4 rings (SSSR count). The summed E-state index contributed by atoms with van der Waals surface area (Å²) in [6.07, 6.45) is 7.68. The third-order valence-corrected chi connectivity index (χ3v) is 6.67. The quantitative estimate of drug-likeness (QED) is 0.779. The first kappa shape index (κ1) is 15.9. The molecular weight excluding hydrogens is 290 g/mol. The van der Waals surface area contributed by atoms with Crippen LogP contribution in [0.25, 0.3) is 0 Å². The van der Waals surface area contributed by atoms with Gasteiger partial charge in [-0.2, -0.15) is 0 Å². The summed E-state index contributed by atoms with van der Waals surface area (Å²) < 4.78 is 6.01. The van der Waals surface area contributed by atoms with Crippen molar-refractivity contribution in [3.05, 3.63) is 0 Å². The van der Waals surface area contributed by atoms with Gasteiger partial charge >= 0.3 is 0 Å². The van der Waals surface area contributed by atoms with Crippen LogP contribution in [0.2, 0.25) is 0 Å². The SMILES string of the molecule is CN1CCN(C(=O)CCN2CC3(CCC3)[C@H]2[C@@H]2CCCO2)CC1. The van der Waals surface area contributed by atoms with Crippen molar-refractivity contribution in [1.29, 1.82) is 0 Å². The third-order valence-electron chi connectivity index (χ3n) is 6.67. The monoisotopic (exact) mass is 321 g/mol. The zero-order chi connectivity index (χ0) is 15.9. The summed E-state index contributed by atoms with van der Waals surface area (Å²) in [5.74, 6) is 0.346. The van der Waals surface area contributed by atoms with E-state index in [9.17, 15) is 4.79 Å². The molecule has 1 saturated carbocycles. The van der Waals surface area contributed by atoms with E-state index in [1.165, 1.54) is 38.6 Å². The van der Waals surface area contributed by atoms with Crippen molar-refractivity contribution in [2.75, 3.05) is 52.9 Å². The largest absolute Gasteiger partial charge is 0.377 e. The van der Waals surface area contributed by atoms with E-state index < -0.39 is 0 Å². The fourth-order valence-electron chi connectivity index (χ4n) is 5.11. The van der Waals surface area contributed by atoms with Gasteiger partial charge in [-0.3, -0.25) is 9.69 Å². The van der Waals surface area contributed by atoms with E-state index in [0.29, 0.717) is 29.9 Å². The number of hydrogen-bond acceptors (Lipinski definition) is 4. The lowest BCUT2D eigenvalue weighted by Crippen LogP contribution is -2.71. The lowest BCUT2D eigenvalue weighted by Gasteiger charge is -2.64. The third kappa shape index (κ3) is 2.92. The zero-order valence-corrected chi connectivity index (χ0v) is 14.5. The summed E-state index contributed by atoms with van der Waals surface area (Å²) in [5.41, 5.74) is 0.548. The fraction of sp³-hybridized carbons (Fsp3) is 0.944. The summed E-state index contributed by atoms with van der Waals surface area (Å²) in [6, 6.07) is 0.596. The van der Waals surface area contributed by atoms with Crippen LogP contribution in [-0.2, 0) is 9.53 Å². The zero-order valence-electron chi connectivity index (χ0n) is 14.5. The number of carbonyl (C=O) groups is 1. The molecule has 0 N–H and O–H groups in total. The molecule has 0 radical (unpaired) electrons. The maximum Gasteiger partial charge on any atom is 0.223 e. The molecule has 3 heterocycles. The first-order valence-corrected chi connectivity index (χ1v) is 9.50. The van der Waals surface area contributed by atoms with Crippen molar-refractivity contribution in [3.8, 4) is 0 Å². The van der Waals surface area contributed by atoms with E-state index >= 15 is 0 Å². The van der Waals surface area contributed by atoms with Gasteiger partial charge in [0.2, 0.25) is 5.91 Å². The summed E-state index contributed by atoms with van der Waals surface area (Å²) >= 11 is 0. The minimum atomic E-state index is 0.346. The smallest absolute Gasteiger partial charge is 0.223 e. The minimum absolute atomic E-state index is 0.346. The molecule has 0 unspecified atom stereocenters. The molecule has 5 nitrogen and oxygen atoms in total. The first-order chi connectivity index (χ1) is 11.2. The number of nitrogens with zero attached hydrogens (tertiary/aromatic N) is 3. The van der Waals surface area contributed by atoms with Crippen molar-refractivity contribution >= 4 is 5.91 Å². The van der Waals surface area contributed by atoms with Gasteiger partial charge in [0, 0.05) is 63.8 Å². The van der Waals surface area contributed by atoms with Gasteiger partial charge < -0.3 is 14.5 Å². The molecule has 0 bridgehead atoms. The number of rotatable bonds is 4. The average molecular weight is 321 g/mol. The number of carbonyl (C=O) groups excluding carboxylic acids is 1. The molecule has 3 aliphatic heterocycles. The van der Waals surface area contributed by atoms with Crippen LogP contribution >= 0.6 is 0 Å². The van der Waals surface area contributed by atoms with Crippen LogP contribution in [-0.4, -0.2) is 85.7 Å². The van der Waals surface area contributed by atoms with Crippen LogP contribution in [0.5, 0.6) is 0 Å². The fourth-order valence-corrected chi connectivity index (χ4v) is 5.11. The highest BCUT2D eigenvalue weighted by molar-refractivity contribution is 5.76. The number of likely N-dealkylation sites (tertiary alicyclic amines) is 1. The molecule has 130 valence electrons. The molecule has 4 aliphatic rings. The Bertz CT molecular complexity index is 438.